The highest BCUT2D eigenvalue weighted by Gasteiger charge is 2.40. The van der Waals surface area contributed by atoms with Gasteiger partial charge in [-0.15, -0.1) is 0 Å². The minimum atomic E-state index is -0.879. The molecule has 5 nitrogen and oxygen atoms in total. The Kier molecular flexibility index (Phi) is 5.40. The maximum Gasteiger partial charge on any atom is 0.262 e. The summed E-state index contributed by atoms with van der Waals surface area (Å²) >= 11 is 0. The molecule has 0 bridgehead atoms. The fourth-order valence-electron chi connectivity index (χ4n) is 3.40. The number of carbonyl (C=O) groups is 3. The van der Waals surface area contributed by atoms with E-state index in [1.165, 1.54) is 0 Å². The molecule has 2 aromatic carbocycles. The van der Waals surface area contributed by atoms with Crippen LogP contribution in [0.4, 0.5) is 0 Å². The lowest BCUT2D eigenvalue weighted by molar-refractivity contribution is -0.125. The summed E-state index contributed by atoms with van der Waals surface area (Å²) in [5.41, 5.74) is 1.71. The van der Waals surface area contributed by atoms with Crippen LogP contribution in [-0.2, 0) is 4.79 Å². The molecule has 0 radical (unpaired) electrons. The molecule has 27 heavy (non-hydrogen) atoms. The molecule has 1 heterocycles. The average Bonchev–Trinajstić information content (AvgIpc) is 2.92. The summed E-state index contributed by atoms with van der Waals surface area (Å²) in [5.74, 6) is -0.791. The van der Waals surface area contributed by atoms with E-state index in [1.807, 2.05) is 30.3 Å². The van der Waals surface area contributed by atoms with Gasteiger partial charge in [0.05, 0.1) is 17.2 Å². The second-order valence-corrected chi connectivity index (χ2v) is 7.30. The zero-order valence-electron chi connectivity index (χ0n) is 15.8. The van der Waals surface area contributed by atoms with Crippen LogP contribution in [0.5, 0.6) is 0 Å². The van der Waals surface area contributed by atoms with Crippen LogP contribution in [0, 0.1) is 5.92 Å². The zero-order valence-corrected chi connectivity index (χ0v) is 15.8. The molecule has 0 aliphatic carbocycles. The van der Waals surface area contributed by atoms with Gasteiger partial charge < -0.3 is 5.32 Å². The highest BCUT2D eigenvalue weighted by Crippen LogP contribution is 2.26. The van der Waals surface area contributed by atoms with Gasteiger partial charge in [-0.05, 0) is 37.0 Å². The molecule has 1 N–H and O–H groups in total. The van der Waals surface area contributed by atoms with E-state index in [0.717, 1.165) is 16.9 Å². The Morgan fingerprint density at radius 2 is 1.41 bits per heavy atom. The summed E-state index contributed by atoms with van der Waals surface area (Å²) in [7, 11) is 0. The maximum atomic E-state index is 12.9. The Hall–Kier alpha value is -2.95. The van der Waals surface area contributed by atoms with E-state index in [9.17, 15) is 14.4 Å². The minimum absolute atomic E-state index is 0.170. The number of rotatable bonds is 6. The molecule has 2 aromatic rings. The van der Waals surface area contributed by atoms with Gasteiger partial charge in [-0.25, -0.2) is 0 Å². The van der Waals surface area contributed by atoms with E-state index in [2.05, 4.69) is 19.2 Å². The molecular weight excluding hydrogens is 340 g/mol. The third-order valence-corrected chi connectivity index (χ3v) is 4.82. The van der Waals surface area contributed by atoms with Crippen molar-refractivity contribution in [3.8, 4) is 0 Å². The van der Waals surface area contributed by atoms with Crippen LogP contribution in [-0.4, -0.2) is 28.7 Å². The Morgan fingerprint density at radius 1 is 0.889 bits per heavy atom. The van der Waals surface area contributed by atoms with Crippen molar-refractivity contribution in [3.63, 3.8) is 0 Å². The molecule has 0 saturated heterocycles. The molecule has 0 spiro atoms. The molecule has 1 aliphatic rings. The Bertz CT molecular complexity index is 826. The first-order valence-corrected chi connectivity index (χ1v) is 9.22. The first-order chi connectivity index (χ1) is 12.9. The van der Waals surface area contributed by atoms with Gasteiger partial charge in [-0.3, -0.25) is 19.3 Å². The largest absolute Gasteiger partial charge is 0.347 e. The van der Waals surface area contributed by atoms with E-state index < -0.39 is 17.9 Å². The van der Waals surface area contributed by atoms with Crippen molar-refractivity contribution in [2.45, 2.75) is 39.3 Å². The SMILES string of the molecule is CC(C)CC(NC(=O)C(C)N1C(=O)c2ccccc2C1=O)c1ccccc1. The molecule has 3 amide bonds. The Balaban J connectivity index is 1.79. The lowest BCUT2D eigenvalue weighted by Gasteiger charge is -2.26. The summed E-state index contributed by atoms with van der Waals surface area (Å²) in [6.07, 6.45) is 0.768. The smallest absolute Gasteiger partial charge is 0.262 e. The number of amides is 3. The van der Waals surface area contributed by atoms with Crippen LogP contribution in [0.3, 0.4) is 0 Å². The topological polar surface area (TPSA) is 66.5 Å². The Labute approximate surface area is 159 Å². The zero-order chi connectivity index (χ0) is 19.6. The van der Waals surface area contributed by atoms with E-state index in [1.54, 1.807) is 31.2 Å². The molecule has 0 saturated carbocycles. The minimum Gasteiger partial charge on any atom is -0.347 e. The van der Waals surface area contributed by atoms with Gasteiger partial charge in [0, 0.05) is 0 Å². The van der Waals surface area contributed by atoms with Crippen molar-refractivity contribution in [1.82, 2.24) is 10.2 Å². The van der Waals surface area contributed by atoms with Gasteiger partial charge in [0.25, 0.3) is 11.8 Å². The van der Waals surface area contributed by atoms with Crippen LogP contribution < -0.4 is 5.32 Å². The lowest BCUT2D eigenvalue weighted by Crippen LogP contribution is -2.48. The number of carbonyl (C=O) groups excluding carboxylic acids is 3. The molecule has 0 aromatic heterocycles. The van der Waals surface area contributed by atoms with Gasteiger partial charge in [0.2, 0.25) is 5.91 Å². The van der Waals surface area contributed by atoms with Crippen LogP contribution in [0.25, 0.3) is 0 Å². The van der Waals surface area contributed by atoms with Crippen molar-refractivity contribution < 1.29 is 14.4 Å². The molecule has 5 heteroatoms. The Morgan fingerprint density at radius 3 is 1.93 bits per heavy atom. The second-order valence-electron chi connectivity index (χ2n) is 7.30. The third kappa shape index (κ3) is 3.77. The maximum absolute atomic E-state index is 12.9. The van der Waals surface area contributed by atoms with Gasteiger partial charge in [-0.1, -0.05) is 56.3 Å². The van der Waals surface area contributed by atoms with E-state index in [4.69, 9.17) is 0 Å². The predicted molar refractivity (Wildman–Crippen MR) is 103 cm³/mol. The normalized spacial score (nSPS) is 15.6. The summed E-state index contributed by atoms with van der Waals surface area (Å²) in [6.45, 7) is 5.78. The number of imide groups is 1. The highest BCUT2D eigenvalue weighted by molar-refractivity contribution is 6.22. The molecule has 1 aliphatic heterocycles. The number of hydrogen-bond acceptors (Lipinski definition) is 3. The molecule has 140 valence electrons. The van der Waals surface area contributed by atoms with E-state index >= 15 is 0 Å². The fraction of sp³-hybridized carbons (Fsp3) is 0.318. The van der Waals surface area contributed by atoms with E-state index in [0.29, 0.717) is 17.0 Å². The molecule has 2 atom stereocenters. The second kappa shape index (κ2) is 7.74. The van der Waals surface area contributed by atoms with Gasteiger partial charge in [0.1, 0.15) is 6.04 Å². The first-order valence-electron chi connectivity index (χ1n) is 9.22. The van der Waals surface area contributed by atoms with Crippen molar-refractivity contribution in [1.29, 1.82) is 0 Å². The lowest BCUT2D eigenvalue weighted by atomic mass is 9.96. The van der Waals surface area contributed by atoms with Crippen molar-refractivity contribution in [3.05, 3.63) is 71.3 Å². The molecule has 0 fully saturated rings. The quantitative estimate of drug-likeness (QED) is 0.797. The highest BCUT2D eigenvalue weighted by atomic mass is 16.2. The monoisotopic (exact) mass is 364 g/mol. The van der Waals surface area contributed by atoms with Crippen molar-refractivity contribution >= 4 is 17.7 Å². The van der Waals surface area contributed by atoms with E-state index in [-0.39, 0.29) is 11.9 Å². The predicted octanol–water partition coefficient (Wildman–Crippen LogP) is 3.57. The van der Waals surface area contributed by atoms with Crippen LogP contribution in [0.1, 0.15) is 59.5 Å². The fourth-order valence-corrected chi connectivity index (χ4v) is 3.40. The summed E-state index contributed by atoms with van der Waals surface area (Å²) in [6, 6.07) is 15.4. The molecule has 3 rings (SSSR count). The van der Waals surface area contributed by atoms with Gasteiger partial charge in [-0.2, -0.15) is 0 Å². The standard InChI is InChI=1S/C22H24N2O3/c1-14(2)13-19(16-9-5-4-6-10-16)23-20(25)15(3)24-21(26)17-11-7-8-12-18(17)22(24)27/h4-12,14-15,19H,13H2,1-3H3,(H,23,25). The average molecular weight is 364 g/mol. The van der Waals surface area contributed by atoms with Crippen molar-refractivity contribution in [2.24, 2.45) is 5.92 Å². The van der Waals surface area contributed by atoms with Crippen LogP contribution in [0.15, 0.2) is 54.6 Å². The molecule has 2 unspecified atom stereocenters. The third-order valence-electron chi connectivity index (χ3n) is 4.82. The summed E-state index contributed by atoms with van der Waals surface area (Å²) in [4.78, 5) is 39.2. The summed E-state index contributed by atoms with van der Waals surface area (Å²) in [5, 5.41) is 3.02. The van der Waals surface area contributed by atoms with Gasteiger partial charge in [0.15, 0.2) is 0 Å². The van der Waals surface area contributed by atoms with Crippen molar-refractivity contribution in [2.75, 3.05) is 0 Å². The number of hydrogen-bond donors (Lipinski definition) is 1. The van der Waals surface area contributed by atoms with Crippen LogP contribution in [0.2, 0.25) is 0 Å². The first kappa shape index (κ1) is 18.8. The number of nitrogens with zero attached hydrogens (tertiary/aromatic N) is 1. The number of fused-ring (bicyclic) bond motifs is 1. The summed E-state index contributed by atoms with van der Waals surface area (Å²) < 4.78 is 0. The van der Waals surface area contributed by atoms with Crippen LogP contribution >= 0.6 is 0 Å². The molecular formula is C22H24N2O3. The number of benzene rings is 2. The van der Waals surface area contributed by atoms with Gasteiger partial charge >= 0.3 is 0 Å². The number of nitrogens with one attached hydrogen (secondary N) is 1.